The molecule has 0 saturated carbocycles. The van der Waals surface area contributed by atoms with Crippen LogP contribution in [0.4, 0.5) is 4.39 Å². The molecule has 0 aromatic carbocycles. The molecule has 0 aliphatic carbocycles. The Balaban J connectivity index is 2.90. The molecule has 0 heterocycles. The van der Waals surface area contributed by atoms with Gasteiger partial charge in [0, 0.05) is 6.42 Å². The van der Waals surface area contributed by atoms with Gasteiger partial charge < -0.3 is 0 Å². The molecule has 1 heteroatoms. The minimum absolute atomic E-state index is 0.506. The molecule has 0 N–H and O–H groups in total. The first-order valence-electron chi connectivity index (χ1n) is 1.93. The van der Waals surface area contributed by atoms with E-state index in [1.165, 1.54) is 0 Å². The number of hydrogen-bond acceptors (Lipinski definition) is 0. The predicted molar refractivity (Wildman–Crippen MR) is 24.0 cm³/mol. The van der Waals surface area contributed by atoms with Crippen LogP contribution in [0, 0.1) is 11.8 Å². The molecule has 0 rings (SSSR count). The number of alkyl halides is 1. The fourth-order valence-corrected chi connectivity index (χ4v) is 0.172. The van der Waals surface area contributed by atoms with Gasteiger partial charge in [0.1, 0.15) is 6.67 Å². The average molecular weight is 86.1 g/mol. The molecule has 0 amide bonds. The smallest absolute Gasteiger partial charge is 0.150 e. The van der Waals surface area contributed by atoms with Gasteiger partial charge in [-0.15, -0.1) is 5.92 Å². The van der Waals surface area contributed by atoms with Crippen LogP contribution in [0.2, 0.25) is 0 Å². The summed E-state index contributed by atoms with van der Waals surface area (Å²) < 4.78 is 11.0. The van der Waals surface area contributed by atoms with Crippen LogP contribution in [0.15, 0.2) is 0 Å². The van der Waals surface area contributed by atoms with Crippen molar-refractivity contribution in [1.82, 2.24) is 0 Å². The highest BCUT2D eigenvalue weighted by Gasteiger charge is 1.58. The normalized spacial score (nSPS) is 6.33. The highest BCUT2D eigenvalue weighted by atomic mass is 19.1. The van der Waals surface area contributed by atoms with E-state index in [1.54, 1.807) is 0 Å². The summed E-state index contributed by atoms with van der Waals surface area (Å²) in [5.74, 6) is 4.85. The van der Waals surface area contributed by atoms with E-state index in [1.807, 2.05) is 6.92 Å². The largest absolute Gasteiger partial charge is 0.237 e. The van der Waals surface area contributed by atoms with Gasteiger partial charge in [-0.3, -0.25) is 0 Å². The zero-order chi connectivity index (χ0) is 4.83. The van der Waals surface area contributed by atoms with Crippen LogP contribution >= 0.6 is 0 Å². The standard InChI is InChI=1S/C5H7F/c1-2-3-4-5-6/h2,5H2,1H3. The molecule has 0 atom stereocenters. The summed E-state index contributed by atoms with van der Waals surface area (Å²) in [6.45, 7) is 1.39. The highest BCUT2D eigenvalue weighted by molar-refractivity contribution is 4.97. The lowest BCUT2D eigenvalue weighted by Gasteiger charge is -1.63. The quantitative estimate of drug-likeness (QED) is 0.390. The molecule has 6 heavy (non-hydrogen) atoms. The van der Waals surface area contributed by atoms with Crippen LogP contribution in [-0.2, 0) is 0 Å². The van der Waals surface area contributed by atoms with Crippen LogP contribution in [0.5, 0.6) is 0 Å². The van der Waals surface area contributed by atoms with E-state index in [4.69, 9.17) is 0 Å². The Kier molecular flexibility index (Phi) is 4.11. The van der Waals surface area contributed by atoms with Gasteiger partial charge in [0.2, 0.25) is 0 Å². The monoisotopic (exact) mass is 86.1 g/mol. The third-order valence-electron chi connectivity index (χ3n) is 0.369. The summed E-state index contributed by atoms with van der Waals surface area (Å²) in [4.78, 5) is 0. The van der Waals surface area contributed by atoms with E-state index in [0.29, 0.717) is 0 Å². The predicted octanol–water partition coefficient (Wildman–Crippen LogP) is 1.37. The number of halogens is 1. The minimum atomic E-state index is -0.506. The fourth-order valence-electron chi connectivity index (χ4n) is 0.172. The zero-order valence-electron chi connectivity index (χ0n) is 3.79. The second-order valence-corrected chi connectivity index (χ2v) is 0.841. The first-order chi connectivity index (χ1) is 2.91. The lowest BCUT2D eigenvalue weighted by Crippen LogP contribution is -1.59. The first kappa shape index (κ1) is 5.49. The fraction of sp³-hybridized carbons (Fsp3) is 0.600. The van der Waals surface area contributed by atoms with Gasteiger partial charge in [0.25, 0.3) is 0 Å². The van der Waals surface area contributed by atoms with Crippen LogP contribution in [0.3, 0.4) is 0 Å². The van der Waals surface area contributed by atoms with Gasteiger partial charge in [0.15, 0.2) is 0 Å². The zero-order valence-corrected chi connectivity index (χ0v) is 3.79. The molecule has 0 nitrogen and oxygen atoms in total. The van der Waals surface area contributed by atoms with Gasteiger partial charge in [0.05, 0.1) is 0 Å². The Labute approximate surface area is 37.4 Å². The van der Waals surface area contributed by atoms with Gasteiger partial charge in [-0.25, -0.2) is 4.39 Å². The van der Waals surface area contributed by atoms with E-state index in [9.17, 15) is 4.39 Å². The summed E-state index contributed by atoms with van der Waals surface area (Å²) >= 11 is 0. The van der Waals surface area contributed by atoms with Gasteiger partial charge in [-0.05, 0) is 0 Å². The summed E-state index contributed by atoms with van der Waals surface area (Å²) in [5.41, 5.74) is 0. The highest BCUT2D eigenvalue weighted by Crippen LogP contribution is 1.66. The van der Waals surface area contributed by atoms with Crippen molar-refractivity contribution in [2.75, 3.05) is 6.67 Å². The van der Waals surface area contributed by atoms with Crippen molar-refractivity contribution >= 4 is 0 Å². The summed E-state index contributed by atoms with van der Waals surface area (Å²) in [5, 5.41) is 0. The molecule has 0 radical (unpaired) electrons. The van der Waals surface area contributed by atoms with Gasteiger partial charge in [-0.2, -0.15) is 0 Å². The second kappa shape index (κ2) is 4.49. The lowest BCUT2D eigenvalue weighted by molar-refractivity contribution is 0.573. The molecular formula is C5H7F. The van der Waals surface area contributed by atoms with Crippen molar-refractivity contribution in [2.45, 2.75) is 13.3 Å². The Morgan fingerprint density at radius 1 is 1.50 bits per heavy atom. The van der Waals surface area contributed by atoms with E-state index in [0.717, 1.165) is 6.42 Å². The van der Waals surface area contributed by atoms with Crippen molar-refractivity contribution < 1.29 is 4.39 Å². The maximum Gasteiger partial charge on any atom is 0.150 e. The van der Waals surface area contributed by atoms with Crippen molar-refractivity contribution in [2.24, 2.45) is 0 Å². The Bertz CT molecular complexity index is 57.7. The third kappa shape index (κ3) is 3.49. The van der Waals surface area contributed by atoms with E-state index in [-0.39, 0.29) is 0 Å². The van der Waals surface area contributed by atoms with Crippen LogP contribution in [0.25, 0.3) is 0 Å². The van der Waals surface area contributed by atoms with E-state index < -0.39 is 6.67 Å². The number of rotatable bonds is 0. The topological polar surface area (TPSA) is 0 Å². The lowest BCUT2D eigenvalue weighted by atomic mass is 10.5. The van der Waals surface area contributed by atoms with Gasteiger partial charge >= 0.3 is 0 Å². The van der Waals surface area contributed by atoms with E-state index in [2.05, 4.69) is 11.8 Å². The third-order valence-corrected chi connectivity index (χ3v) is 0.369. The van der Waals surface area contributed by atoms with E-state index >= 15 is 0 Å². The minimum Gasteiger partial charge on any atom is -0.237 e. The average Bonchev–Trinajstić information content (AvgIpc) is 1.61. The maximum atomic E-state index is 11.0. The molecule has 0 aliphatic rings. The Hall–Kier alpha value is -0.510. The van der Waals surface area contributed by atoms with Crippen LogP contribution < -0.4 is 0 Å². The molecule has 0 bridgehead atoms. The molecule has 34 valence electrons. The van der Waals surface area contributed by atoms with Crippen LogP contribution in [0.1, 0.15) is 13.3 Å². The van der Waals surface area contributed by atoms with Crippen molar-refractivity contribution in [3.8, 4) is 11.8 Å². The van der Waals surface area contributed by atoms with Crippen molar-refractivity contribution in [1.29, 1.82) is 0 Å². The molecule has 0 aromatic heterocycles. The molecular weight excluding hydrogens is 79.1 g/mol. The molecule has 0 unspecified atom stereocenters. The van der Waals surface area contributed by atoms with Crippen molar-refractivity contribution in [3.05, 3.63) is 0 Å². The SMILES string of the molecule is CCC#CCF. The van der Waals surface area contributed by atoms with Crippen molar-refractivity contribution in [3.63, 3.8) is 0 Å². The molecule has 0 aliphatic heterocycles. The molecule has 0 aromatic rings. The number of hydrogen-bond donors (Lipinski definition) is 0. The first-order valence-corrected chi connectivity index (χ1v) is 1.93. The summed E-state index contributed by atoms with van der Waals surface area (Å²) in [7, 11) is 0. The van der Waals surface area contributed by atoms with Crippen LogP contribution in [-0.4, -0.2) is 6.67 Å². The van der Waals surface area contributed by atoms with Gasteiger partial charge in [-0.1, -0.05) is 12.8 Å². The Morgan fingerprint density at radius 2 is 2.17 bits per heavy atom. The summed E-state index contributed by atoms with van der Waals surface area (Å²) in [6, 6.07) is 0. The maximum absolute atomic E-state index is 11.0. The summed E-state index contributed by atoms with van der Waals surface area (Å²) in [6.07, 6.45) is 0.754. The molecule has 0 saturated heterocycles. The Morgan fingerprint density at radius 3 is 2.33 bits per heavy atom. The molecule has 0 spiro atoms. The second-order valence-electron chi connectivity index (χ2n) is 0.841. The molecule has 0 fully saturated rings.